The Kier molecular flexibility index (Phi) is 6.13. The molecule has 0 aliphatic carbocycles. The molecule has 0 bridgehead atoms. The lowest BCUT2D eigenvalue weighted by Gasteiger charge is -2.46. The maximum atomic E-state index is 13.0. The Morgan fingerprint density at radius 1 is 1.27 bits per heavy atom. The van der Waals surface area contributed by atoms with Crippen LogP contribution in [0.5, 0.6) is 0 Å². The van der Waals surface area contributed by atoms with Gasteiger partial charge in [0.1, 0.15) is 0 Å². The molecule has 4 rings (SSSR count). The molecule has 4 atom stereocenters. The van der Waals surface area contributed by atoms with Gasteiger partial charge in [0.15, 0.2) is 0 Å². The summed E-state index contributed by atoms with van der Waals surface area (Å²) in [5.41, 5.74) is 5.62. The van der Waals surface area contributed by atoms with Gasteiger partial charge in [0.2, 0.25) is 0 Å². The Labute approximate surface area is 178 Å². The fraction of sp³-hybridized carbons (Fsp3) is 0.632. The average molecular weight is 447 g/mol. The molecule has 5 N–H and O–H groups in total. The van der Waals surface area contributed by atoms with E-state index in [1.807, 2.05) is 4.90 Å². The number of likely N-dealkylation sites (tertiary alicyclic amines) is 1. The SMILES string of the molecule is NCC1CCN(C2NC(c3ccc(C(F)(F)F)c(Cl)c3)NCC2N2CCNC2=O)C1. The number of alkyl halides is 3. The molecular weight excluding hydrogens is 421 g/mol. The largest absolute Gasteiger partial charge is 0.417 e. The van der Waals surface area contributed by atoms with Gasteiger partial charge in [-0.2, -0.15) is 13.2 Å². The number of amides is 2. The molecule has 0 saturated carbocycles. The number of carbonyl (C=O) groups excluding carboxylic acids is 1. The number of carbonyl (C=O) groups is 1. The number of nitrogens with zero attached hydrogens (tertiary/aromatic N) is 2. The van der Waals surface area contributed by atoms with Crippen LogP contribution in [0.25, 0.3) is 0 Å². The van der Waals surface area contributed by atoms with Gasteiger partial charge in [0.25, 0.3) is 0 Å². The number of nitrogens with two attached hydrogens (primary N) is 1. The first-order chi connectivity index (χ1) is 14.3. The molecule has 3 saturated heterocycles. The van der Waals surface area contributed by atoms with Gasteiger partial charge >= 0.3 is 12.2 Å². The average Bonchev–Trinajstić information content (AvgIpc) is 3.35. The summed E-state index contributed by atoms with van der Waals surface area (Å²) in [5, 5.41) is 9.33. The maximum absolute atomic E-state index is 13.0. The van der Waals surface area contributed by atoms with Crippen LogP contribution in [-0.2, 0) is 6.18 Å². The van der Waals surface area contributed by atoms with Gasteiger partial charge in [-0.3, -0.25) is 15.5 Å². The van der Waals surface area contributed by atoms with E-state index in [-0.39, 0.29) is 29.4 Å². The van der Waals surface area contributed by atoms with Crippen molar-refractivity contribution in [1.82, 2.24) is 25.8 Å². The predicted octanol–water partition coefficient (Wildman–Crippen LogP) is 1.55. The fourth-order valence-electron chi connectivity index (χ4n) is 4.59. The minimum atomic E-state index is -4.49. The van der Waals surface area contributed by atoms with Crippen LogP contribution < -0.4 is 21.7 Å². The molecule has 3 fully saturated rings. The van der Waals surface area contributed by atoms with E-state index in [4.69, 9.17) is 17.3 Å². The lowest BCUT2D eigenvalue weighted by Crippen LogP contribution is -2.67. The molecule has 1 aromatic carbocycles. The van der Waals surface area contributed by atoms with Gasteiger partial charge < -0.3 is 16.0 Å². The van der Waals surface area contributed by atoms with Crippen molar-refractivity contribution < 1.29 is 18.0 Å². The van der Waals surface area contributed by atoms with Gasteiger partial charge in [0.05, 0.1) is 29.0 Å². The van der Waals surface area contributed by atoms with Gasteiger partial charge in [-0.25, -0.2) is 4.79 Å². The summed E-state index contributed by atoms with van der Waals surface area (Å²) in [6, 6.07) is 3.59. The van der Waals surface area contributed by atoms with Crippen LogP contribution in [0.1, 0.15) is 23.7 Å². The Balaban J connectivity index is 1.56. The second-order valence-electron chi connectivity index (χ2n) is 8.07. The molecule has 3 aliphatic rings. The zero-order valence-corrected chi connectivity index (χ0v) is 17.1. The number of halogens is 4. The second-order valence-corrected chi connectivity index (χ2v) is 8.48. The van der Waals surface area contributed by atoms with Crippen LogP contribution in [-0.4, -0.2) is 67.3 Å². The molecule has 0 radical (unpaired) electrons. The van der Waals surface area contributed by atoms with Crippen molar-refractivity contribution >= 4 is 17.6 Å². The van der Waals surface area contributed by atoms with Crippen LogP contribution in [0, 0.1) is 5.92 Å². The number of urea groups is 1. The maximum Gasteiger partial charge on any atom is 0.417 e. The van der Waals surface area contributed by atoms with E-state index >= 15 is 0 Å². The standard InChI is InChI=1S/C19H26ClF3N6O/c20-14-7-12(1-2-13(14)19(21,22)23)16-26-9-15(29-6-4-25-18(29)30)17(27-16)28-5-3-11(8-24)10-28/h1-2,7,11,15-17,26-27H,3-6,8-10,24H2,(H,25,30). The van der Waals surface area contributed by atoms with Crippen molar-refractivity contribution in [2.45, 2.75) is 31.0 Å². The smallest absolute Gasteiger partial charge is 0.336 e. The molecule has 3 heterocycles. The van der Waals surface area contributed by atoms with E-state index in [0.29, 0.717) is 37.7 Å². The highest BCUT2D eigenvalue weighted by Gasteiger charge is 2.42. The van der Waals surface area contributed by atoms with Crippen LogP contribution in [0.15, 0.2) is 18.2 Å². The van der Waals surface area contributed by atoms with E-state index in [1.54, 1.807) is 0 Å². The monoisotopic (exact) mass is 446 g/mol. The first-order valence-electron chi connectivity index (χ1n) is 10.1. The molecule has 166 valence electrons. The Morgan fingerprint density at radius 2 is 2.07 bits per heavy atom. The molecule has 3 aliphatic heterocycles. The van der Waals surface area contributed by atoms with Crippen molar-refractivity contribution in [3.63, 3.8) is 0 Å². The van der Waals surface area contributed by atoms with Gasteiger partial charge in [-0.15, -0.1) is 0 Å². The fourth-order valence-corrected chi connectivity index (χ4v) is 4.88. The number of rotatable bonds is 4. The minimum Gasteiger partial charge on any atom is -0.336 e. The summed E-state index contributed by atoms with van der Waals surface area (Å²) in [6.45, 7) is 4.01. The lowest BCUT2D eigenvalue weighted by atomic mass is 10.0. The Bertz CT molecular complexity index is 794. The third kappa shape index (κ3) is 4.24. The molecule has 2 amide bonds. The third-order valence-corrected chi connectivity index (χ3v) is 6.51. The Hall–Kier alpha value is -1.59. The first-order valence-corrected chi connectivity index (χ1v) is 10.5. The van der Waals surface area contributed by atoms with Crippen LogP contribution >= 0.6 is 11.6 Å². The lowest BCUT2D eigenvalue weighted by molar-refractivity contribution is -0.137. The topological polar surface area (TPSA) is 85.7 Å². The summed E-state index contributed by atoms with van der Waals surface area (Å²) < 4.78 is 39.1. The van der Waals surface area contributed by atoms with Crippen molar-refractivity contribution in [2.24, 2.45) is 11.7 Å². The molecule has 30 heavy (non-hydrogen) atoms. The first kappa shape index (κ1) is 21.6. The molecule has 0 aromatic heterocycles. The van der Waals surface area contributed by atoms with Crippen LogP contribution in [0.3, 0.4) is 0 Å². The van der Waals surface area contributed by atoms with E-state index in [0.717, 1.165) is 25.6 Å². The van der Waals surface area contributed by atoms with E-state index in [9.17, 15) is 18.0 Å². The third-order valence-electron chi connectivity index (χ3n) is 6.20. The number of hydrogen-bond acceptors (Lipinski definition) is 5. The number of hydrogen-bond donors (Lipinski definition) is 4. The van der Waals surface area contributed by atoms with Gasteiger partial charge in [-0.1, -0.05) is 17.7 Å². The zero-order chi connectivity index (χ0) is 21.5. The van der Waals surface area contributed by atoms with E-state index < -0.39 is 11.7 Å². The van der Waals surface area contributed by atoms with Crippen molar-refractivity contribution in [3.8, 4) is 0 Å². The van der Waals surface area contributed by atoms with Crippen molar-refractivity contribution in [1.29, 1.82) is 0 Å². The summed E-state index contributed by atoms with van der Waals surface area (Å²) in [4.78, 5) is 16.4. The summed E-state index contributed by atoms with van der Waals surface area (Å²) in [6.07, 6.45) is -4.03. The highest BCUT2D eigenvalue weighted by atomic mass is 35.5. The van der Waals surface area contributed by atoms with Crippen molar-refractivity contribution in [2.75, 3.05) is 39.3 Å². The summed E-state index contributed by atoms with van der Waals surface area (Å²) in [5.74, 6) is 0.397. The summed E-state index contributed by atoms with van der Waals surface area (Å²) in [7, 11) is 0. The molecule has 1 aromatic rings. The Morgan fingerprint density at radius 3 is 2.67 bits per heavy atom. The molecular formula is C19H26ClF3N6O. The van der Waals surface area contributed by atoms with Crippen LogP contribution in [0.2, 0.25) is 5.02 Å². The van der Waals surface area contributed by atoms with E-state index in [2.05, 4.69) is 20.9 Å². The van der Waals surface area contributed by atoms with E-state index in [1.165, 1.54) is 12.1 Å². The molecule has 4 unspecified atom stereocenters. The predicted molar refractivity (Wildman–Crippen MR) is 107 cm³/mol. The molecule has 0 spiro atoms. The highest BCUT2D eigenvalue weighted by Crippen LogP contribution is 2.36. The van der Waals surface area contributed by atoms with Crippen molar-refractivity contribution in [3.05, 3.63) is 34.3 Å². The minimum absolute atomic E-state index is 0.0980. The second kappa shape index (κ2) is 8.51. The van der Waals surface area contributed by atoms with Gasteiger partial charge in [-0.05, 0) is 36.6 Å². The highest BCUT2D eigenvalue weighted by molar-refractivity contribution is 6.31. The quantitative estimate of drug-likeness (QED) is 0.564. The normalized spacial score (nSPS) is 30.7. The zero-order valence-electron chi connectivity index (χ0n) is 16.4. The number of benzene rings is 1. The molecule has 7 nitrogen and oxygen atoms in total. The number of nitrogens with one attached hydrogen (secondary N) is 3. The summed E-state index contributed by atoms with van der Waals surface area (Å²) >= 11 is 5.93. The van der Waals surface area contributed by atoms with Crippen LogP contribution in [0.4, 0.5) is 18.0 Å². The molecule has 11 heteroatoms. The van der Waals surface area contributed by atoms with Gasteiger partial charge in [0, 0.05) is 32.7 Å².